The van der Waals surface area contributed by atoms with Crippen LogP contribution < -0.4 is 11.1 Å². The highest BCUT2D eigenvalue weighted by Gasteiger charge is 2.37. The van der Waals surface area contributed by atoms with Gasteiger partial charge in [-0.2, -0.15) is 0 Å². The van der Waals surface area contributed by atoms with Crippen LogP contribution in [0.1, 0.15) is 38.5 Å². The molecule has 2 amide bonds. The van der Waals surface area contributed by atoms with E-state index >= 15 is 0 Å². The molecule has 97 valence electrons. The van der Waals surface area contributed by atoms with Crippen LogP contribution in [-0.4, -0.2) is 30.1 Å². The molecule has 0 saturated heterocycles. The van der Waals surface area contributed by atoms with Crippen molar-refractivity contribution in [2.24, 2.45) is 11.1 Å². The minimum atomic E-state index is -0.533. The number of primary amides is 1. The minimum Gasteiger partial charge on any atom is -0.395 e. The van der Waals surface area contributed by atoms with Crippen LogP contribution in [-0.2, 0) is 9.59 Å². The summed E-state index contributed by atoms with van der Waals surface area (Å²) in [5, 5.41) is 11.1. The number of rotatable bonds is 6. The van der Waals surface area contributed by atoms with Crippen LogP contribution in [0.2, 0.25) is 0 Å². The maximum absolute atomic E-state index is 11.5. The first-order chi connectivity index (χ1) is 8.10. The van der Waals surface area contributed by atoms with Crippen LogP contribution >= 0.6 is 0 Å². The summed E-state index contributed by atoms with van der Waals surface area (Å²) in [5.41, 5.74) is 4.92. The Kier molecular flexibility index (Phi) is 5.41. The van der Waals surface area contributed by atoms with Gasteiger partial charge in [0.1, 0.15) is 0 Å². The Hall–Kier alpha value is -1.10. The second kappa shape index (κ2) is 6.59. The van der Waals surface area contributed by atoms with Crippen LogP contribution in [0.3, 0.4) is 0 Å². The molecule has 0 aliphatic heterocycles. The number of hydrogen-bond donors (Lipinski definition) is 3. The largest absolute Gasteiger partial charge is 0.395 e. The smallest absolute Gasteiger partial charge is 0.224 e. The van der Waals surface area contributed by atoms with Gasteiger partial charge in [-0.1, -0.05) is 19.3 Å². The molecule has 0 spiro atoms. The average Bonchev–Trinajstić information content (AvgIpc) is 2.34. The Bertz CT molecular complexity index is 273. The lowest BCUT2D eigenvalue weighted by Crippen LogP contribution is -2.40. The normalized spacial score (nSPS) is 18.6. The van der Waals surface area contributed by atoms with Gasteiger partial charge >= 0.3 is 0 Å². The van der Waals surface area contributed by atoms with E-state index in [1.165, 1.54) is 6.42 Å². The molecule has 0 unspecified atom stereocenters. The topological polar surface area (TPSA) is 92.4 Å². The Morgan fingerprint density at radius 3 is 2.47 bits per heavy atom. The van der Waals surface area contributed by atoms with E-state index in [4.69, 9.17) is 10.8 Å². The molecule has 0 bridgehead atoms. The van der Waals surface area contributed by atoms with Gasteiger partial charge in [0.15, 0.2) is 0 Å². The summed E-state index contributed by atoms with van der Waals surface area (Å²) in [6.07, 6.45) is 6.54. The van der Waals surface area contributed by atoms with Crippen molar-refractivity contribution in [3.63, 3.8) is 0 Å². The number of aliphatic hydroxyl groups is 1. The second-order valence-corrected chi connectivity index (χ2v) is 4.63. The molecule has 0 aromatic rings. The van der Waals surface area contributed by atoms with E-state index in [1.807, 2.05) is 0 Å². The second-order valence-electron chi connectivity index (χ2n) is 4.63. The SMILES string of the molecule is NC(=O)C1(C[CH]C(=O)NCCO)CCCCC1. The van der Waals surface area contributed by atoms with E-state index in [1.54, 1.807) is 0 Å². The van der Waals surface area contributed by atoms with Gasteiger partial charge in [-0.3, -0.25) is 9.59 Å². The number of nitrogens with one attached hydrogen (secondary N) is 1. The molecule has 0 atom stereocenters. The zero-order valence-corrected chi connectivity index (χ0v) is 10.1. The van der Waals surface area contributed by atoms with Crippen molar-refractivity contribution in [2.45, 2.75) is 38.5 Å². The Morgan fingerprint density at radius 1 is 1.29 bits per heavy atom. The van der Waals surface area contributed by atoms with Crippen molar-refractivity contribution in [2.75, 3.05) is 13.2 Å². The average molecular weight is 241 g/mol. The highest BCUT2D eigenvalue weighted by Crippen LogP contribution is 2.39. The lowest BCUT2D eigenvalue weighted by Gasteiger charge is -2.33. The molecule has 1 fully saturated rings. The fourth-order valence-electron chi connectivity index (χ4n) is 2.32. The molecule has 1 aliphatic rings. The van der Waals surface area contributed by atoms with Crippen molar-refractivity contribution in [1.82, 2.24) is 5.32 Å². The van der Waals surface area contributed by atoms with Crippen LogP contribution in [0.15, 0.2) is 0 Å². The fourth-order valence-corrected chi connectivity index (χ4v) is 2.32. The Balaban J connectivity index is 2.44. The quantitative estimate of drug-likeness (QED) is 0.617. The Morgan fingerprint density at radius 2 is 1.94 bits per heavy atom. The van der Waals surface area contributed by atoms with E-state index in [0.717, 1.165) is 32.1 Å². The van der Waals surface area contributed by atoms with Crippen molar-refractivity contribution in [1.29, 1.82) is 0 Å². The lowest BCUT2D eigenvalue weighted by atomic mass is 9.70. The summed E-state index contributed by atoms with van der Waals surface area (Å²) in [5.74, 6) is -0.548. The van der Waals surface area contributed by atoms with Crippen molar-refractivity contribution in [3.05, 3.63) is 6.42 Å². The predicted molar refractivity (Wildman–Crippen MR) is 63.7 cm³/mol. The number of aliphatic hydroxyl groups excluding tert-OH is 1. The van der Waals surface area contributed by atoms with E-state index in [0.29, 0.717) is 6.42 Å². The van der Waals surface area contributed by atoms with E-state index < -0.39 is 5.41 Å². The van der Waals surface area contributed by atoms with Crippen LogP contribution in [0.5, 0.6) is 0 Å². The molecule has 0 aromatic heterocycles. The third-order valence-corrected chi connectivity index (χ3v) is 3.42. The molecular weight excluding hydrogens is 220 g/mol. The van der Waals surface area contributed by atoms with Gasteiger partial charge < -0.3 is 16.2 Å². The van der Waals surface area contributed by atoms with Gasteiger partial charge in [-0.15, -0.1) is 0 Å². The number of nitrogens with two attached hydrogens (primary N) is 1. The van der Waals surface area contributed by atoms with E-state index in [9.17, 15) is 9.59 Å². The zero-order chi connectivity index (χ0) is 12.7. The molecule has 17 heavy (non-hydrogen) atoms. The lowest BCUT2D eigenvalue weighted by molar-refractivity contribution is -0.129. The van der Waals surface area contributed by atoms with Crippen LogP contribution in [0, 0.1) is 11.8 Å². The summed E-state index contributed by atoms with van der Waals surface area (Å²) < 4.78 is 0. The molecular formula is C12H21N2O3. The molecule has 1 rings (SSSR count). The zero-order valence-electron chi connectivity index (χ0n) is 10.1. The summed E-state index contributed by atoms with van der Waals surface area (Å²) in [7, 11) is 0. The molecule has 1 saturated carbocycles. The third-order valence-electron chi connectivity index (χ3n) is 3.42. The van der Waals surface area contributed by atoms with Gasteiger partial charge in [0.05, 0.1) is 13.0 Å². The highest BCUT2D eigenvalue weighted by atomic mass is 16.3. The van der Waals surface area contributed by atoms with E-state index in [-0.39, 0.29) is 25.0 Å². The van der Waals surface area contributed by atoms with Gasteiger partial charge in [0.25, 0.3) is 0 Å². The summed E-state index contributed by atoms with van der Waals surface area (Å²) in [4.78, 5) is 22.9. The molecule has 1 aliphatic carbocycles. The molecule has 5 heteroatoms. The molecule has 4 N–H and O–H groups in total. The summed E-state index contributed by atoms with van der Waals surface area (Å²) in [6, 6.07) is 0. The van der Waals surface area contributed by atoms with Gasteiger partial charge in [-0.05, 0) is 19.3 Å². The molecule has 5 nitrogen and oxygen atoms in total. The maximum Gasteiger partial charge on any atom is 0.224 e. The maximum atomic E-state index is 11.5. The van der Waals surface area contributed by atoms with E-state index in [2.05, 4.69) is 5.32 Å². The van der Waals surface area contributed by atoms with Crippen molar-refractivity contribution < 1.29 is 14.7 Å². The first-order valence-corrected chi connectivity index (χ1v) is 6.12. The first kappa shape index (κ1) is 14.0. The van der Waals surface area contributed by atoms with Crippen LogP contribution in [0.25, 0.3) is 0 Å². The monoisotopic (exact) mass is 241 g/mol. The Labute approximate surface area is 102 Å². The standard InChI is InChI=1S/C12H21N2O3/c13-11(17)12(5-2-1-3-6-12)7-4-10(16)14-8-9-15/h4,15H,1-3,5-9H2,(H2,13,17)(H,14,16). The first-order valence-electron chi connectivity index (χ1n) is 6.12. The molecule has 0 heterocycles. The van der Waals surface area contributed by atoms with Gasteiger partial charge in [-0.25, -0.2) is 0 Å². The highest BCUT2D eigenvalue weighted by molar-refractivity contribution is 5.87. The molecule has 0 aromatic carbocycles. The predicted octanol–water partition coefficient (Wildman–Crippen LogP) is 0.125. The number of carbonyl (C=O) groups excluding carboxylic acids is 2. The summed E-state index contributed by atoms with van der Waals surface area (Å²) in [6.45, 7) is 0.152. The number of amides is 2. The minimum absolute atomic E-state index is 0.0828. The van der Waals surface area contributed by atoms with Crippen LogP contribution in [0.4, 0.5) is 0 Å². The fraction of sp³-hybridized carbons (Fsp3) is 0.750. The number of hydrogen-bond acceptors (Lipinski definition) is 3. The third kappa shape index (κ3) is 4.00. The summed E-state index contributed by atoms with van der Waals surface area (Å²) >= 11 is 0. The van der Waals surface area contributed by atoms with Gasteiger partial charge in [0.2, 0.25) is 11.8 Å². The molecule has 1 radical (unpaired) electrons. The van der Waals surface area contributed by atoms with Gasteiger partial charge in [0, 0.05) is 12.0 Å². The van der Waals surface area contributed by atoms with Crippen molar-refractivity contribution >= 4 is 11.8 Å². The number of carbonyl (C=O) groups is 2. The van der Waals surface area contributed by atoms with Crippen molar-refractivity contribution in [3.8, 4) is 0 Å².